The average Bonchev–Trinajstić information content (AvgIpc) is 2.81. The molecule has 174 valence electrons. The molecule has 0 saturated carbocycles. The minimum atomic E-state index is -0.495. The van der Waals surface area contributed by atoms with E-state index in [-0.39, 0.29) is 11.8 Å². The van der Waals surface area contributed by atoms with Gasteiger partial charge in [0.25, 0.3) is 0 Å². The molecule has 0 aromatic heterocycles. The minimum absolute atomic E-state index is 0.00747. The molecular weight excluding hydrogens is 400 g/mol. The number of hydrogen-bond donors (Lipinski definition) is 1. The second kappa shape index (κ2) is 12.9. The van der Waals surface area contributed by atoms with Crippen molar-refractivity contribution in [2.24, 2.45) is 5.92 Å². The van der Waals surface area contributed by atoms with E-state index < -0.39 is 6.04 Å². The standard InChI is InChI=1S/C27H38N2O3/c1-6-21-8-10-22(11-9-21)14-17-26(30)29(19-23-12-15-24(32-5)16-13-23)25(7-2)27(31)28-18-20(3)4/h8-13,15-16,20,25H,6-7,14,17-19H2,1-5H3,(H,28,31)/t25-/m0/s1. The molecule has 5 nitrogen and oxygen atoms in total. The van der Waals surface area contributed by atoms with Crippen LogP contribution in [-0.2, 0) is 29.0 Å². The fraction of sp³-hybridized carbons (Fsp3) is 0.481. The van der Waals surface area contributed by atoms with Gasteiger partial charge in [0.1, 0.15) is 11.8 Å². The molecule has 0 aliphatic carbocycles. The van der Waals surface area contributed by atoms with Gasteiger partial charge < -0.3 is 15.0 Å². The number of carbonyl (C=O) groups excluding carboxylic acids is 2. The first-order chi connectivity index (χ1) is 15.4. The lowest BCUT2D eigenvalue weighted by atomic mass is 10.0. The number of methoxy groups -OCH3 is 1. The molecule has 0 bridgehead atoms. The molecule has 0 fully saturated rings. The van der Waals surface area contributed by atoms with Gasteiger partial charge in [-0.1, -0.05) is 64.1 Å². The van der Waals surface area contributed by atoms with Gasteiger partial charge in [-0.3, -0.25) is 9.59 Å². The molecule has 0 unspecified atom stereocenters. The maximum absolute atomic E-state index is 13.3. The number of ether oxygens (including phenoxy) is 1. The molecule has 2 rings (SSSR count). The maximum atomic E-state index is 13.3. The van der Waals surface area contributed by atoms with Gasteiger partial charge in [-0.25, -0.2) is 0 Å². The van der Waals surface area contributed by atoms with Crippen molar-refractivity contribution in [3.63, 3.8) is 0 Å². The van der Waals surface area contributed by atoms with Crippen LogP contribution in [0.1, 0.15) is 57.2 Å². The van der Waals surface area contributed by atoms with Gasteiger partial charge >= 0.3 is 0 Å². The number of carbonyl (C=O) groups is 2. The van der Waals surface area contributed by atoms with E-state index >= 15 is 0 Å². The van der Waals surface area contributed by atoms with Crippen LogP contribution in [0.25, 0.3) is 0 Å². The van der Waals surface area contributed by atoms with E-state index in [0.717, 1.165) is 23.3 Å². The topological polar surface area (TPSA) is 58.6 Å². The summed E-state index contributed by atoms with van der Waals surface area (Å²) in [6.07, 6.45) is 2.59. The van der Waals surface area contributed by atoms with Gasteiger partial charge in [-0.2, -0.15) is 0 Å². The number of nitrogens with zero attached hydrogens (tertiary/aromatic N) is 1. The fourth-order valence-electron chi connectivity index (χ4n) is 3.61. The Labute approximate surface area is 193 Å². The maximum Gasteiger partial charge on any atom is 0.242 e. The summed E-state index contributed by atoms with van der Waals surface area (Å²) in [7, 11) is 1.63. The van der Waals surface area contributed by atoms with Gasteiger partial charge in [-0.15, -0.1) is 0 Å². The Morgan fingerprint density at radius 3 is 2.06 bits per heavy atom. The summed E-state index contributed by atoms with van der Waals surface area (Å²) in [4.78, 5) is 28.0. The molecule has 32 heavy (non-hydrogen) atoms. The predicted octanol–water partition coefficient (Wildman–Crippen LogP) is 4.77. The summed E-state index contributed by atoms with van der Waals surface area (Å²) in [6, 6.07) is 15.6. The van der Waals surface area contributed by atoms with E-state index in [1.165, 1.54) is 5.56 Å². The van der Waals surface area contributed by atoms with Crippen LogP contribution in [0.4, 0.5) is 0 Å². The zero-order chi connectivity index (χ0) is 23.5. The number of benzene rings is 2. The normalized spacial score (nSPS) is 11.8. The smallest absolute Gasteiger partial charge is 0.242 e. The lowest BCUT2D eigenvalue weighted by molar-refractivity contribution is -0.141. The van der Waals surface area contributed by atoms with Crippen LogP contribution < -0.4 is 10.1 Å². The molecule has 2 aromatic carbocycles. The highest BCUT2D eigenvalue weighted by atomic mass is 16.5. The van der Waals surface area contributed by atoms with Crippen molar-refractivity contribution < 1.29 is 14.3 Å². The third kappa shape index (κ3) is 7.70. The number of rotatable bonds is 12. The second-order valence-corrected chi connectivity index (χ2v) is 8.60. The zero-order valence-electron chi connectivity index (χ0n) is 20.2. The molecule has 0 saturated heterocycles. The highest BCUT2D eigenvalue weighted by Gasteiger charge is 2.28. The lowest BCUT2D eigenvalue weighted by Crippen LogP contribution is -2.49. The molecule has 2 aromatic rings. The summed E-state index contributed by atoms with van der Waals surface area (Å²) in [6.45, 7) is 9.20. The summed E-state index contributed by atoms with van der Waals surface area (Å²) in [5.74, 6) is 1.03. The average molecular weight is 439 g/mol. The molecular formula is C27H38N2O3. The van der Waals surface area contributed by atoms with E-state index in [1.54, 1.807) is 12.0 Å². The first kappa shape index (κ1) is 25.4. The van der Waals surface area contributed by atoms with Crippen molar-refractivity contribution >= 4 is 11.8 Å². The third-order valence-electron chi connectivity index (χ3n) is 5.64. The summed E-state index contributed by atoms with van der Waals surface area (Å²) < 4.78 is 5.24. The van der Waals surface area contributed by atoms with Crippen molar-refractivity contribution in [1.82, 2.24) is 10.2 Å². The number of aryl methyl sites for hydroxylation is 2. The highest BCUT2D eigenvalue weighted by molar-refractivity contribution is 5.87. The Morgan fingerprint density at radius 1 is 0.938 bits per heavy atom. The Balaban J connectivity index is 2.17. The van der Waals surface area contributed by atoms with Gasteiger partial charge in [0.05, 0.1) is 7.11 Å². The summed E-state index contributed by atoms with van der Waals surface area (Å²) >= 11 is 0. The van der Waals surface area contributed by atoms with Gasteiger partial charge in [-0.05, 0) is 54.0 Å². The zero-order valence-corrected chi connectivity index (χ0v) is 20.2. The van der Waals surface area contributed by atoms with Crippen molar-refractivity contribution in [3.05, 3.63) is 65.2 Å². The molecule has 0 aliphatic rings. The molecule has 0 spiro atoms. The third-order valence-corrected chi connectivity index (χ3v) is 5.64. The van der Waals surface area contributed by atoms with Crippen molar-refractivity contribution in [1.29, 1.82) is 0 Å². The first-order valence-electron chi connectivity index (χ1n) is 11.7. The van der Waals surface area contributed by atoms with E-state index in [0.29, 0.717) is 38.3 Å². The molecule has 5 heteroatoms. The second-order valence-electron chi connectivity index (χ2n) is 8.60. The van der Waals surface area contributed by atoms with Crippen LogP contribution in [0.3, 0.4) is 0 Å². The highest BCUT2D eigenvalue weighted by Crippen LogP contribution is 2.18. The van der Waals surface area contributed by atoms with Crippen LogP contribution in [0.5, 0.6) is 5.75 Å². The lowest BCUT2D eigenvalue weighted by Gasteiger charge is -2.31. The monoisotopic (exact) mass is 438 g/mol. The van der Waals surface area contributed by atoms with Gasteiger partial charge in [0.2, 0.25) is 11.8 Å². The molecule has 0 aliphatic heterocycles. The van der Waals surface area contributed by atoms with Gasteiger partial charge in [0.15, 0.2) is 0 Å². The molecule has 1 atom stereocenters. The Bertz CT molecular complexity index is 844. The minimum Gasteiger partial charge on any atom is -0.497 e. The Hall–Kier alpha value is -2.82. The summed E-state index contributed by atoms with van der Waals surface area (Å²) in [5.41, 5.74) is 3.40. The number of hydrogen-bond acceptors (Lipinski definition) is 3. The van der Waals surface area contributed by atoms with Crippen LogP contribution in [-0.4, -0.2) is 36.4 Å². The van der Waals surface area contributed by atoms with Crippen molar-refractivity contribution in [3.8, 4) is 5.75 Å². The van der Waals surface area contributed by atoms with E-state index in [2.05, 4.69) is 50.4 Å². The molecule has 2 amide bonds. The predicted molar refractivity (Wildman–Crippen MR) is 130 cm³/mol. The van der Waals surface area contributed by atoms with Crippen molar-refractivity contribution in [2.45, 2.75) is 66.0 Å². The fourth-order valence-corrected chi connectivity index (χ4v) is 3.61. The quantitative estimate of drug-likeness (QED) is 0.519. The SMILES string of the molecule is CCc1ccc(CCC(=O)N(Cc2ccc(OC)cc2)[C@@H](CC)C(=O)NCC(C)C)cc1. The van der Waals surface area contributed by atoms with Crippen LogP contribution in [0.2, 0.25) is 0 Å². The largest absolute Gasteiger partial charge is 0.497 e. The number of amides is 2. The van der Waals surface area contributed by atoms with Crippen LogP contribution in [0.15, 0.2) is 48.5 Å². The number of nitrogens with one attached hydrogen (secondary N) is 1. The first-order valence-corrected chi connectivity index (χ1v) is 11.7. The Kier molecular flexibility index (Phi) is 10.3. The summed E-state index contributed by atoms with van der Waals surface area (Å²) in [5, 5.41) is 3.01. The Morgan fingerprint density at radius 2 is 1.53 bits per heavy atom. The van der Waals surface area contributed by atoms with E-state index in [4.69, 9.17) is 4.74 Å². The van der Waals surface area contributed by atoms with Crippen LogP contribution in [0, 0.1) is 5.92 Å². The van der Waals surface area contributed by atoms with Gasteiger partial charge in [0, 0.05) is 19.5 Å². The molecule has 0 radical (unpaired) electrons. The van der Waals surface area contributed by atoms with E-state index in [1.807, 2.05) is 31.2 Å². The van der Waals surface area contributed by atoms with Crippen LogP contribution >= 0.6 is 0 Å². The molecule has 0 heterocycles. The molecule has 1 N–H and O–H groups in total. The van der Waals surface area contributed by atoms with E-state index in [9.17, 15) is 9.59 Å². The van der Waals surface area contributed by atoms with Crippen molar-refractivity contribution in [2.75, 3.05) is 13.7 Å².